The number of H-pyrrole nitrogens is 1. The lowest BCUT2D eigenvalue weighted by Crippen LogP contribution is -2.21. The van der Waals surface area contributed by atoms with Crippen molar-refractivity contribution in [1.82, 2.24) is 20.1 Å². The number of carbonyl (C=O) groups is 1. The van der Waals surface area contributed by atoms with Gasteiger partial charge in [0.25, 0.3) is 5.56 Å². The van der Waals surface area contributed by atoms with Crippen LogP contribution < -0.4 is 10.9 Å². The van der Waals surface area contributed by atoms with Crippen molar-refractivity contribution < 1.29 is 4.79 Å². The molecular weight excluding hydrogens is 268 g/mol. The minimum atomic E-state index is -0.232. The van der Waals surface area contributed by atoms with Gasteiger partial charge in [0.05, 0.1) is 6.20 Å². The Balaban J connectivity index is 2.30. The Kier molecular flexibility index (Phi) is 4.57. The minimum Gasteiger partial charge on any atom is -0.353 e. The number of hydrogen-bond donors (Lipinski definition) is 2. The number of fused-ring (bicyclic) bond motifs is 1. The van der Waals surface area contributed by atoms with Crippen molar-refractivity contribution >= 4 is 23.0 Å². The van der Waals surface area contributed by atoms with Gasteiger partial charge in [-0.15, -0.1) is 0 Å². The first-order chi connectivity index (χ1) is 10.0. The molecule has 0 aromatic carbocycles. The predicted octanol–water partition coefficient (Wildman–Crippen LogP) is 1.84. The molecule has 0 unspecified atom stereocenters. The summed E-state index contributed by atoms with van der Waals surface area (Å²) >= 11 is 0. The van der Waals surface area contributed by atoms with Crippen molar-refractivity contribution in [3.05, 3.63) is 34.3 Å². The minimum absolute atomic E-state index is 0.166. The highest BCUT2D eigenvalue weighted by molar-refractivity contribution is 5.92. The molecule has 0 atom stereocenters. The van der Waals surface area contributed by atoms with Gasteiger partial charge in [-0.2, -0.15) is 5.10 Å². The number of nitrogens with zero attached hydrogens (tertiary/aromatic N) is 2. The number of amides is 1. The molecule has 0 spiro atoms. The molecule has 6 nitrogen and oxygen atoms in total. The Morgan fingerprint density at radius 3 is 2.95 bits per heavy atom. The van der Waals surface area contributed by atoms with Gasteiger partial charge in [0.1, 0.15) is 5.65 Å². The van der Waals surface area contributed by atoms with Gasteiger partial charge in [-0.3, -0.25) is 9.59 Å². The lowest BCUT2D eigenvalue weighted by atomic mass is 10.2. The summed E-state index contributed by atoms with van der Waals surface area (Å²) < 4.78 is 1.76. The third-order valence-corrected chi connectivity index (χ3v) is 3.08. The highest BCUT2D eigenvalue weighted by Gasteiger charge is 2.08. The summed E-state index contributed by atoms with van der Waals surface area (Å²) in [4.78, 5) is 26.4. The number of aromatic amines is 1. The van der Waals surface area contributed by atoms with Gasteiger partial charge in [0.15, 0.2) is 0 Å². The van der Waals surface area contributed by atoms with Crippen LogP contribution in [0.5, 0.6) is 0 Å². The summed E-state index contributed by atoms with van der Waals surface area (Å²) in [6.07, 6.45) is 5.48. The topological polar surface area (TPSA) is 79.8 Å². The molecule has 0 saturated heterocycles. The number of aromatic nitrogens is 3. The molecule has 2 heterocycles. The Morgan fingerprint density at radius 1 is 1.52 bits per heavy atom. The summed E-state index contributed by atoms with van der Waals surface area (Å²) in [5.74, 6) is -0.200. The Hall–Kier alpha value is -2.37. The first-order valence-corrected chi connectivity index (χ1v) is 7.09. The second-order valence-corrected chi connectivity index (χ2v) is 5.16. The zero-order chi connectivity index (χ0) is 15.4. The summed E-state index contributed by atoms with van der Waals surface area (Å²) in [6, 6.07) is 1.91. The normalized spacial score (nSPS) is 11.6. The van der Waals surface area contributed by atoms with E-state index in [4.69, 9.17) is 0 Å². The second kappa shape index (κ2) is 6.39. The molecule has 2 rings (SSSR count). The predicted molar refractivity (Wildman–Crippen MR) is 83.1 cm³/mol. The zero-order valence-electron chi connectivity index (χ0n) is 12.5. The Morgan fingerprint density at radius 2 is 2.29 bits per heavy atom. The summed E-state index contributed by atoms with van der Waals surface area (Å²) in [7, 11) is 0. The van der Waals surface area contributed by atoms with Crippen LogP contribution in [0.25, 0.3) is 17.1 Å². The summed E-state index contributed by atoms with van der Waals surface area (Å²) in [5.41, 5.74) is 0.907. The van der Waals surface area contributed by atoms with E-state index in [1.165, 1.54) is 12.2 Å². The summed E-state index contributed by atoms with van der Waals surface area (Å²) in [6.45, 7) is 6.60. The molecule has 1 amide bonds. The van der Waals surface area contributed by atoms with Crippen molar-refractivity contribution in [3.63, 3.8) is 0 Å². The van der Waals surface area contributed by atoms with Crippen LogP contribution in [0.4, 0.5) is 0 Å². The van der Waals surface area contributed by atoms with E-state index in [0.717, 1.165) is 11.8 Å². The van der Waals surface area contributed by atoms with Crippen LogP contribution in [0.2, 0.25) is 0 Å². The van der Waals surface area contributed by atoms with Crippen LogP contribution in [0.3, 0.4) is 0 Å². The average Bonchev–Trinajstić information content (AvgIpc) is 2.85. The number of nitrogens with one attached hydrogen (secondary N) is 2. The van der Waals surface area contributed by atoms with Gasteiger partial charge in [0.2, 0.25) is 5.91 Å². The maximum atomic E-state index is 12.1. The van der Waals surface area contributed by atoms with Crippen LogP contribution in [-0.4, -0.2) is 27.2 Å². The van der Waals surface area contributed by atoms with E-state index in [9.17, 15) is 9.59 Å². The Bertz CT molecular complexity index is 725. The molecule has 6 heteroatoms. The average molecular weight is 288 g/mol. The van der Waals surface area contributed by atoms with Crippen LogP contribution in [0.1, 0.15) is 38.8 Å². The fraction of sp³-hybridized carbons (Fsp3) is 0.400. The third kappa shape index (κ3) is 3.39. The van der Waals surface area contributed by atoms with Gasteiger partial charge in [0, 0.05) is 29.6 Å². The van der Waals surface area contributed by atoms with Crippen molar-refractivity contribution in [1.29, 1.82) is 0 Å². The van der Waals surface area contributed by atoms with E-state index in [1.807, 2.05) is 20.8 Å². The monoisotopic (exact) mass is 288 g/mol. The van der Waals surface area contributed by atoms with Crippen LogP contribution in [0.15, 0.2) is 23.1 Å². The molecule has 0 fully saturated rings. The molecule has 0 saturated carbocycles. The molecule has 2 N–H and O–H groups in total. The Labute approximate surface area is 122 Å². The fourth-order valence-corrected chi connectivity index (χ4v) is 2.01. The van der Waals surface area contributed by atoms with Crippen LogP contribution in [0, 0.1) is 0 Å². The van der Waals surface area contributed by atoms with E-state index in [-0.39, 0.29) is 17.5 Å². The van der Waals surface area contributed by atoms with E-state index < -0.39 is 0 Å². The SMILES string of the molecule is CCCNC(=O)C=Cc1cc2cnn(C(C)C)c2[nH]c1=O. The molecule has 0 radical (unpaired) electrons. The van der Waals surface area contributed by atoms with Crippen molar-refractivity contribution in [3.8, 4) is 0 Å². The van der Waals surface area contributed by atoms with E-state index in [1.54, 1.807) is 16.9 Å². The number of rotatable bonds is 5. The maximum absolute atomic E-state index is 12.1. The van der Waals surface area contributed by atoms with E-state index in [2.05, 4.69) is 15.4 Å². The largest absolute Gasteiger partial charge is 0.353 e. The van der Waals surface area contributed by atoms with Crippen LogP contribution in [-0.2, 0) is 4.79 Å². The van der Waals surface area contributed by atoms with Gasteiger partial charge < -0.3 is 10.3 Å². The number of hydrogen-bond acceptors (Lipinski definition) is 3. The molecule has 0 bridgehead atoms. The number of pyridine rings is 1. The highest BCUT2D eigenvalue weighted by atomic mass is 16.1. The van der Waals surface area contributed by atoms with Crippen LogP contribution >= 0.6 is 0 Å². The van der Waals surface area contributed by atoms with Gasteiger partial charge in [-0.05, 0) is 32.4 Å². The van der Waals surface area contributed by atoms with E-state index in [0.29, 0.717) is 17.8 Å². The van der Waals surface area contributed by atoms with Crippen molar-refractivity contribution in [2.24, 2.45) is 0 Å². The molecule has 2 aromatic heterocycles. The van der Waals surface area contributed by atoms with Gasteiger partial charge in [-0.1, -0.05) is 6.92 Å². The zero-order valence-corrected chi connectivity index (χ0v) is 12.5. The molecule has 2 aromatic rings. The highest BCUT2D eigenvalue weighted by Crippen LogP contribution is 2.15. The smallest absolute Gasteiger partial charge is 0.256 e. The standard InChI is InChI=1S/C15H20N4O2/c1-4-7-16-13(20)6-5-11-8-12-9-17-19(10(2)3)14(12)18-15(11)21/h5-6,8-10H,4,7H2,1-3H3,(H,16,20)(H,18,21). The molecule has 0 aliphatic carbocycles. The quantitative estimate of drug-likeness (QED) is 0.824. The molecule has 112 valence electrons. The first-order valence-electron chi connectivity index (χ1n) is 7.09. The van der Waals surface area contributed by atoms with Gasteiger partial charge >= 0.3 is 0 Å². The van der Waals surface area contributed by atoms with Gasteiger partial charge in [-0.25, -0.2) is 4.68 Å². The fourth-order valence-electron chi connectivity index (χ4n) is 2.01. The molecule has 0 aliphatic heterocycles. The molecule has 21 heavy (non-hydrogen) atoms. The third-order valence-electron chi connectivity index (χ3n) is 3.08. The first kappa shape index (κ1) is 15.0. The second-order valence-electron chi connectivity index (χ2n) is 5.16. The van der Waals surface area contributed by atoms with Crippen molar-refractivity contribution in [2.45, 2.75) is 33.2 Å². The molecule has 0 aliphatic rings. The molecular formula is C15H20N4O2. The summed E-state index contributed by atoms with van der Waals surface area (Å²) in [5, 5.41) is 7.82. The van der Waals surface area contributed by atoms with E-state index >= 15 is 0 Å². The maximum Gasteiger partial charge on any atom is 0.256 e. The lowest BCUT2D eigenvalue weighted by Gasteiger charge is -2.06. The lowest BCUT2D eigenvalue weighted by molar-refractivity contribution is -0.116. The number of carbonyl (C=O) groups excluding carboxylic acids is 1. The van der Waals surface area contributed by atoms with Crippen molar-refractivity contribution in [2.75, 3.05) is 6.54 Å².